The van der Waals surface area contributed by atoms with E-state index in [2.05, 4.69) is 21.3 Å². The summed E-state index contributed by atoms with van der Waals surface area (Å²) in [6.45, 7) is 32.3. The summed E-state index contributed by atoms with van der Waals surface area (Å²) in [6.07, 6.45) is 3.81. The zero-order valence-electron chi connectivity index (χ0n) is 56.7. The monoisotopic (exact) mass is 1200 g/mol. The largest absolute Gasteiger partial charge is 0.390 e. The normalized spacial score (nSPS) is 28.0. The van der Waals surface area contributed by atoms with Crippen LogP contribution in [0.2, 0.25) is 0 Å². The predicted octanol–water partition coefficient (Wildman–Crippen LogP) is 4.13. The van der Waals surface area contributed by atoms with Crippen molar-refractivity contribution in [2.45, 2.75) is 236 Å². The first-order chi connectivity index (χ1) is 39.2. The summed E-state index contributed by atoms with van der Waals surface area (Å²) in [5.41, 5.74) is 0. The number of aliphatic hydroxyl groups is 1. The highest BCUT2D eigenvalue weighted by Gasteiger charge is 2.45. The van der Waals surface area contributed by atoms with E-state index in [1.165, 1.54) is 68.7 Å². The van der Waals surface area contributed by atoms with Gasteiger partial charge in [-0.1, -0.05) is 109 Å². The van der Waals surface area contributed by atoms with Crippen molar-refractivity contribution in [3.05, 3.63) is 12.2 Å². The molecule has 0 aromatic carbocycles. The SMILES string of the molecule is CC=CC[C@@H](C)[C@@H](O)[C@@H]1C(=O)N[C@@H](CC)C(=O)N(C)CC(=O)N(C)[C@@H](CC(C)C)C(=O)N[C@H](C(C)C)C(=O)N(C)[C@H](CC(C)C)C(=O)N[C@H](C)C(=O)N[C@@H](C)C(=O)N(C)[C@H](CC(C)C)C(=O)N(C)[C@@H](CC(C)C)C(C)N(C)[C@H](C(C)C)C(=O)N1C. The second-order valence-corrected chi connectivity index (χ2v) is 26.6. The molecule has 1 fully saturated rings. The van der Waals surface area contributed by atoms with Gasteiger partial charge in [0.15, 0.2) is 0 Å². The van der Waals surface area contributed by atoms with Crippen LogP contribution in [0.3, 0.4) is 0 Å². The van der Waals surface area contributed by atoms with Gasteiger partial charge in [0.25, 0.3) is 0 Å². The van der Waals surface area contributed by atoms with Crippen molar-refractivity contribution in [2.75, 3.05) is 55.9 Å². The van der Waals surface area contributed by atoms with Crippen LogP contribution in [-0.2, 0) is 47.9 Å². The molecule has 488 valence electrons. The highest BCUT2D eigenvalue weighted by Crippen LogP contribution is 2.27. The van der Waals surface area contributed by atoms with Gasteiger partial charge in [0, 0.05) is 54.4 Å². The molecular weight excluding hydrogens is 1090 g/mol. The lowest BCUT2D eigenvalue weighted by Crippen LogP contribution is -2.64. The molecule has 1 aliphatic heterocycles. The molecule has 0 bridgehead atoms. The second-order valence-electron chi connectivity index (χ2n) is 26.6. The molecular formula is C63H115N11O11. The van der Waals surface area contributed by atoms with Crippen LogP contribution in [0.15, 0.2) is 12.2 Å². The van der Waals surface area contributed by atoms with Crippen molar-refractivity contribution in [3.63, 3.8) is 0 Å². The molecule has 0 aromatic rings. The van der Waals surface area contributed by atoms with Crippen molar-refractivity contribution in [2.24, 2.45) is 41.4 Å². The average Bonchev–Trinajstić information content (AvgIpc) is 3.62. The molecule has 85 heavy (non-hydrogen) atoms. The third-order valence-electron chi connectivity index (χ3n) is 16.7. The third kappa shape index (κ3) is 21.9. The van der Waals surface area contributed by atoms with Gasteiger partial charge in [-0.2, -0.15) is 0 Å². The summed E-state index contributed by atoms with van der Waals surface area (Å²) < 4.78 is 0. The summed E-state index contributed by atoms with van der Waals surface area (Å²) >= 11 is 0. The molecule has 0 aliphatic carbocycles. The van der Waals surface area contributed by atoms with Crippen molar-refractivity contribution in [3.8, 4) is 0 Å². The molecule has 0 saturated carbocycles. The summed E-state index contributed by atoms with van der Waals surface area (Å²) in [6, 6.07) is -11.4. The Balaban J connectivity index is 4.32. The van der Waals surface area contributed by atoms with Gasteiger partial charge in [-0.05, 0) is 115 Å². The highest BCUT2D eigenvalue weighted by atomic mass is 16.3. The Morgan fingerprint density at radius 3 is 1.44 bits per heavy atom. The van der Waals surface area contributed by atoms with Crippen LogP contribution >= 0.6 is 0 Å². The van der Waals surface area contributed by atoms with E-state index in [0.717, 1.165) is 4.90 Å². The number of likely N-dealkylation sites (N-methyl/N-ethyl adjacent to an activating group) is 7. The molecule has 13 atom stereocenters. The van der Waals surface area contributed by atoms with Gasteiger partial charge in [0.05, 0.1) is 18.7 Å². The molecule has 22 nitrogen and oxygen atoms in total. The minimum atomic E-state index is -1.50. The van der Waals surface area contributed by atoms with E-state index in [1.54, 1.807) is 46.7 Å². The standard InChI is InChI=1S/C63H115N11O11/c1-26-28-29-41(15)54(76)53-58(80)66-45(27-2)60(82)68(19)34-50(75)70(21)47(31-36(5)6)57(79)67-51(39(11)12)62(84)72(23)48(32-37(7)8)56(78)64-42(16)55(77)65-43(17)59(81)73(24)49(33-38(9)10)61(83)71(22)46(30-35(3)4)44(18)69(20)52(40(13)14)63(85)74(53)25/h26,28,35-49,51-54,76H,27,29-34H2,1-25H3,(H,64,78)(H,65,77)(H,66,80)(H,67,79)/t41-,42-,43+,44?,45+,46+,47+,48-,49-,51-,52-,53-,54-/m1/s1. The maximum Gasteiger partial charge on any atom is 0.246 e. The number of hydrogen-bond acceptors (Lipinski definition) is 12. The molecule has 0 spiro atoms. The summed E-state index contributed by atoms with van der Waals surface area (Å²) in [5, 5.41) is 23.3. The molecule has 5 N–H and O–H groups in total. The van der Waals surface area contributed by atoms with E-state index >= 15 is 9.59 Å². The first-order valence-corrected chi connectivity index (χ1v) is 31.0. The molecule has 1 unspecified atom stereocenters. The Morgan fingerprint density at radius 1 is 0.494 bits per heavy atom. The molecule has 0 aromatic heterocycles. The van der Waals surface area contributed by atoms with Gasteiger partial charge in [-0.25, -0.2) is 0 Å². The number of amides is 10. The van der Waals surface area contributed by atoms with E-state index in [4.69, 9.17) is 0 Å². The van der Waals surface area contributed by atoms with Crippen molar-refractivity contribution < 1.29 is 53.1 Å². The Bertz CT molecular complexity index is 2270. The Morgan fingerprint density at radius 2 is 0.965 bits per heavy atom. The van der Waals surface area contributed by atoms with Crippen LogP contribution in [0.25, 0.3) is 0 Å². The van der Waals surface area contributed by atoms with Crippen LogP contribution in [0.4, 0.5) is 0 Å². The number of hydrogen-bond donors (Lipinski definition) is 5. The molecule has 1 aliphatic rings. The number of allylic oxidation sites excluding steroid dienone is 2. The summed E-state index contributed by atoms with van der Waals surface area (Å²) in [4.78, 5) is 155. The first-order valence-electron chi connectivity index (χ1n) is 31.0. The third-order valence-corrected chi connectivity index (χ3v) is 16.7. The second kappa shape index (κ2) is 35.2. The fourth-order valence-electron chi connectivity index (χ4n) is 11.2. The Kier molecular flexibility index (Phi) is 32.1. The van der Waals surface area contributed by atoms with E-state index in [1.807, 2.05) is 100 Å². The summed E-state index contributed by atoms with van der Waals surface area (Å²) in [7, 11) is 10.8. The fourth-order valence-corrected chi connectivity index (χ4v) is 11.2. The van der Waals surface area contributed by atoms with Crippen LogP contribution in [0.5, 0.6) is 0 Å². The molecule has 1 rings (SSSR count). The zero-order valence-corrected chi connectivity index (χ0v) is 56.7. The quantitative estimate of drug-likeness (QED) is 0.145. The van der Waals surface area contributed by atoms with Crippen LogP contribution in [-0.4, -0.2) is 227 Å². The van der Waals surface area contributed by atoms with Crippen LogP contribution < -0.4 is 21.3 Å². The maximum atomic E-state index is 15.3. The van der Waals surface area contributed by atoms with Gasteiger partial charge in [0.1, 0.15) is 48.3 Å². The lowest BCUT2D eigenvalue weighted by atomic mass is 9.90. The molecule has 1 saturated heterocycles. The molecule has 1 heterocycles. The first kappa shape index (κ1) is 77.4. The Hall–Kier alpha value is -5.64. The number of carbonyl (C=O) groups excluding carboxylic acids is 10. The van der Waals surface area contributed by atoms with Gasteiger partial charge >= 0.3 is 0 Å². The molecule has 22 heteroatoms. The van der Waals surface area contributed by atoms with Gasteiger partial charge in [-0.3, -0.25) is 52.8 Å². The number of aliphatic hydroxyl groups excluding tert-OH is 1. The van der Waals surface area contributed by atoms with Gasteiger partial charge < -0.3 is 55.8 Å². The minimum Gasteiger partial charge on any atom is -0.390 e. The van der Waals surface area contributed by atoms with Crippen LogP contribution in [0, 0.1) is 41.4 Å². The minimum absolute atomic E-state index is 0.0578. The number of carbonyl (C=O) groups is 10. The van der Waals surface area contributed by atoms with Crippen molar-refractivity contribution in [1.29, 1.82) is 0 Å². The van der Waals surface area contributed by atoms with Crippen molar-refractivity contribution >= 4 is 59.1 Å². The zero-order chi connectivity index (χ0) is 66.0. The maximum absolute atomic E-state index is 15.3. The fraction of sp³-hybridized carbons (Fsp3) is 0.810. The van der Waals surface area contributed by atoms with E-state index in [0.29, 0.717) is 12.8 Å². The Labute approximate surface area is 511 Å². The number of rotatable bonds is 15. The smallest absolute Gasteiger partial charge is 0.246 e. The van der Waals surface area contributed by atoms with E-state index in [-0.39, 0.29) is 61.2 Å². The molecule has 0 radical (unpaired) electrons. The lowest BCUT2D eigenvalue weighted by Gasteiger charge is -2.45. The predicted molar refractivity (Wildman–Crippen MR) is 333 cm³/mol. The van der Waals surface area contributed by atoms with Crippen molar-refractivity contribution in [1.82, 2.24) is 55.6 Å². The number of nitrogens with one attached hydrogen (secondary N) is 4. The lowest BCUT2D eigenvalue weighted by molar-refractivity contribution is -0.152. The molecule has 10 amide bonds. The van der Waals surface area contributed by atoms with E-state index in [9.17, 15) is 43.5 Å². The highest BCUT2D eigenvalue weighted by molar-refractivity contribution is 5.98. The summed E-state index contributed by atoms with van der Waals surface area (Å²) in [5.74, 6) is -7.67. The van der Waals surface area contributed by atoms with E-state index < -0.39 is 144 Å². The van der Waals surface area contributed by atoms with Crippen LogP contribution in [0.1, 0.15) is 163 Å². The van der Waals surface area contributed by atoms with Gasteiger partial charge in [0.2, 0.25) is 59.1 Å². The topological polar surface area (TPSA) is 262 Å². The van der Waals surface area contributed by atoms with Gasteiger partial charge in [-0.15, -0.1) is 0 Å². The number of nitrogens with zero attached hydrogens (tertiary/aromatic N) is 7. The average molecular weight is 1200 g/mol.